The molecular weight excluding hydrogens is 328 g/mol. The second kappa shape index (κ2) is 8.60. The van der Waals surface area contributed by atoms with Gasteiger partial charge in [0, 0.05) is 13.1 Å². The number of rotatable bonds is 7. The molecule has 24 heavy (non-hydrogen) atoms. The predicted molar refractivity (Wildman–Crippen MR) is 92.4 cm³/mol. The van der Waals surface area contributed by atoms with E-state index in [2.05, 4.69) is 12.2 Å². The van der Waals surface area contributed by atoms with Crippen LogP contribution in [0.25, 0.3) is 0 Å². The SMILES string of the molecule is CCNCC1CCN(S(=O)(=O)c2ccc(C(=O)OCC)cc2)CC1. The third-order valence-electron chi connectivity index (χ3n) is 4.26. The highest BCUT2D eigenvalue weighted by atomic mass is 32.2. The van der Waals surface area contributed by atoms with Crippen molar-refractivity contribution in [3.63, 3.8) is 0 Å². The van der Waals surface area contributed by atoms with E-state index >= 15 is 0 Å². The molecule has 1 N–H and O–H groups in total. The summed E-state index contributed by atoms with van der Waals surface area (Å²) < 4.78 is 31.9. The van der Waals surface area contributed by atoms with E-state index in [0.717, 1.165) is 25.9 Å². The number of sulfonamides is 1. The van der Waals surface area contributed by atoms with Crippen molar-refractivity contribution < 1.29 is 17.9 Å². The first-order chi connectivity index (χ1) is 11.5. The lowest BCUT2D eigenvalue weighted by atomic mass is 9.98. The van der Waals surface area contributed by atoms with Crippen LogP contribution in [-0.2, 0) is 14.8 Å². The molecule has 0 unspecified atom stereocenters. The Morgan fingerprint density at radius 3 is 2.38 bits per heavy atom. The largest absolute Gasteiger partial charge is 0.462 e. The van der Waals surface area contributed by atoms with Gasteiger partial charge in [0.25, 0.3) is 0 Å². The predicted octanol–water partition coefficient (Wildman–Crippen LogP) is 1.87. The van der Waals surface area contributed by atoms with E-state index in [1.165, 1.54) is 28.6 Å². The fraction of sp³-hybridized carbons (Fsp3) is 0.588. The second-order valence-electron chi connectivity index (χ2n) is 5.90. The van der Waals surface area contributed by atoms with Crippen molar-refractivity contribution in [2.75, 3.05) is 32.8 Å². The van der Waals surface area contributed by atoms with Crippen LogP contribution in [-0.4, -0.2) is 51.5 Å². The highest BCUT2D eigenvalue weighted by Crippen LogP contribution is 2.23. The van der Waals surface area contributed by atoms with Gasteiger partial charge in [0.2, 0.25) is 10.0 Å². The number of piperidine rings is 1. The molecule has 1 aromatic rings. The molecule has 0 spiro atoms. The molecule has 0 amide bonds. The maximum atomic E-state index is 12.7. The Hall–Kier alpha value is -1.44. The molecule has 0 aromatic heterocycles. The van der Waals surface area contributed by atoms with Crippen LogP contribution in [0.1, 0.15) is 37.0 Å². The fourth-order valence-corrected chi connectivity index (χ4v) is 4.30. The molecular formula is C17H26N2O4S. The van der Waals surface area contributed by atoms with Crippen LogP contribution >= 0.6 is 0 Å². The summed E-state index contributed by atoms with van der Waals surface area (Å²) in [6.07, 6.45) is 1.74. The van der Waals surface area contributed by atoms with Gasteiger partial charge in [0.05, 0.1) is 17.1 Å². The minimum absolute atomic E-state index is 0.223. The van der Waals surface area contributed by atoms with Crippen molar-refractivity contribution in [3.05, 3.63) is 29.8 Å². The summed E-state index contributed by atoms with van der Waals surface area (Å²) in [6.45, 7) is 7.05. The van der Waals surface area contributed by atoms with Gasteiger partial charge in [-0.15, -0.1) is 0 Å². The smallest absolute Gasteiger partial charge is 0.338 e. The van der Waals surface area contributed by atoms with Crippen LogP contribution in [0, 0.1) is 5.92 Å². The Morgan fingerprint density at radius 1 is 1.21 bits per heavy atom. The van der Waals surface area contributed by atoms with E-state index < -0.39 is 16.0 Å². The summed E-state index contributed by atoms with van der Waals surface area (Å²) in [6, 6.07) is 5.96. The van der Waals surface area contributed by atoms with Gasteiger partial charge >= 0.3 is 5.97 Å². The van der Waals surface area contributed by atoms with Gasteiger partial charge in [-0.3, -0.25) is 0 Å². The lowest BCUT2D eigenvalue weighted by Gasteiger charge is -2.31. The molecule has 1 aliphatic heterocycles. The Bertz CT molecular complexity index is 635. The zero-order valence-corrected chi connectivity index (χ0v) is 15.1. The summed E-state index contributed by atoms with van der Waals surface area (Å²) in [5.74, 6) is 0.0910. The third kappa shape index (κ3) is 4.55. The van der Waals surface area contributed by atoms with E-state index in [4.69, 9.17) is 4.74 Å². The van der Waals surface area contributed by atoms with Crippen molar-refractivity contribution >= 4 is 16.0 Å². The molecule has 1 fully saturated rings. The van der Waals surface area contributed by atoms with Crippen LogP contribution in [0.4, 0.5) is 0 Å². The topological polar surface area (TPSA) is 75.7 Å². The highest BCUT2D eigenvalue weighted by molar-refractivity contribution is 7.89. The number of hydrogen-bond donors (Lipinski definition) is 1. The molecule has 1 heterocycles. The summed E-state index contributed by atoms with van der Waals surface area (Å²) in [7, 11) is -3.50. The first-order valence-electron chi connectivity index (χ1n) is 8.47. The van der Waals surface area contributed by atoms with Gasteiger partial charge in [-0.1, -0.05) is 6.92 Å². The lowest BCUT2D eigenvalue weighted by molar-refractivity contribution is 0.0526. The third-order valence-corrected chi connectivity index (χ3v) is 6.17. The zero-order valence-electron chi connectivity index (χ0n) is 14.3. The van der Waals surface area contributed by atoms with Gasteiger partial charge in [0.15, 0.2) is 0 Å². The molecule has 7 heteroatoms. The van der Waals surface area contributed by atoms with Crippen LogP contribution < -0.4 is 5.32 Å². The van der Waals surface area contributed by atoms with Gasteiger partial charge in [-0.05, 0) is 63.0 Å². The minimum atomic E-state index is -3.50. The number of nitrogens with zero attached hydrogens (tertiary/aromatic N) is 1. The van der Waals surface area contributed by atoms with E-state index in [0.29, 0.717) is 31.2 Å². The average Bonchev–Trinajstić information content (AvgIpc) is 2.60. The molecule has 2 rings (SSSR count). The Morgan fingerprint density at radius 2 is 1.83 bits per heavy atom. The maximum Gasteiger partial charge on any atom is 0.338 e. The molecule has 1 aliphatic rings. The number of hydrogen-bond acceptors (Lipinski definition) is 5. The fourth-order valence-electron chi connectivity index (χ4n) is 2.83. The molecule has 0 radical (unpaired) electrons. The molecule has 0 saturated carbocycles. The first kappa shape index (κ1) is 18.9. The highest BCUT2D eigenvalue weighted by Gasteiger charge is 2.29. The molecule has 0 aliphatic carbocycles. The van der Waals surface area contributed by atoms with Crippen molar-refractivity contribution in [2.45, 2.75) is 31.6 Å². The van der Waals surface area contributed by atoms with Crippen LogP contribution in [0.5, 0.6) is 0 Å². The van der Waals surface area contributed by atoms with E-state index in [-0.39, 0.29) is 4.90 Å². The minimum Gasteiger partial charge on any atom is -0.462 e. The van der Waals surface area contributed by atoms with E-state index in [9.17, 15) is 13.2 Å². The summed E-state index contributed by atoms with van der Waals surface area (Å²) in [5.41, 5.74) is 0.361. The van der Waals surface area contributed by atoms with Crippen LogP contribution in [0.3, 0.4) is 0 Å². The summed E-state index contributed by atoms with van der Waals surface area (Å²) in [4.78, 5) is 11.9. The molecule has 0 atom stereocenters. The first-order valence-corrected chi connectivity index (χ1v) is 9.91. The van der Waals surface area contributed by atoms with E-state index in [1.807, 2.05) is 0 Å². The lowest BCUT2D eigenvalue weighted by Crippen LogP contribution is -2.40. The van der Waals surface area contributed by atoms with E-state index in [1.54, 1.807) is 6.92 Å². The Balaban J connectivity index is 2.02. The molecule has 134 valence electrons. The monoisotopic (exact) mass is 354 g/mol. The number of carbonyl (C=O) groups is 1. The van der Waals surface area contributed by atoms with Gasteiger partial charge < -0.3 is 10.1 Å². The Kier molecular flexibility index (Phi) is 6.77. The molecule has 1 saturated heterocycles. The standard InChI is InChI=1S/C17H26N2O4S/c1-3-18-13-14-9-11-19(12-10-14)24(21,22)16-7-5-15(6-8-16)17(20)23-4-2/h5-8,14,18H,3-4,9-13H2,1-2H3. The Labute approximate surface area is 144 Å². The van der Waals surface area contributed by atoms with Gasteiger partial charge in [-0.25, -0.2) is 13.2 Å². The van der Waals surface area contributed by atoms with Crippen molar-refractivity contribution in [3.8, 4) is 0 Å². The maximum absolute atomic E-state index is 12.7. The van der Waals surface area contributed by atoms with Crippen molar-refractivity contribution in [1.82, 2.24) is 9.62 Å². The van der Waals surface area contributed by atoms with Crippen LogP contribution in [0.15, 0.2) is 29.2 Å². The molecule has 1 aromatic carbocycles. The number of benzene rings is 1. The number of esters is 1. The molecule has 0 bridgehead atoms. The average molecular weight is 354 g/mol. The number of carbonyl (C=O) groups excluding carboxylic acids is 1. The number of nitrogens with one attached hydrogen (secondary N) is 1. The number of ether oxygens (including phenoxy) is 1. The van der Waals surface area contributed by atoms with Gasteiger partial charge in [-0.2, -0.15) is 4.31 Å². The van der Waals surface area contributed by atoms with Crippen LogP contribution in [0.2, 0.25) is 0 Å². The summed E-state index contributed by atoms with van der Waals surface area (Å²) >= 11 is 0. The second-order valence-corrected chi connectivity index (χ2v) is 7.84. The van der Waals surface area contributed by atoms with Crippen molar-refractivity contribution in [1.29, 1.82) is 0 Å². The van der Waals surface area contributed by atoms with Crippen molar-refractivity contribution in [2.24, 2.45) is 5.92 Å². The molecule has 6 nitrogen and oxygen atoms in total. The normalized spacial score (nSPS) is 16.9. The zero-order chi connectivity index (χ0) is 17.6. The van der Waals surface area contributed by atoms with Gasteiger partial charge in [0.1, 0.15) is 0 Å². The quantitative estimate of drug-likeness (QED) is 0.757. The summed E-state index contributed by atoms with van der Waals surface area (Å²) in [5, 5.41) is 3.32.